The van der Waals surface area contributed by atoms with Crippen LogP contribution in [0.3, 0.4) is 0 Å². The molecule has 2 bridgehead atoms. The van der Waals surface area contributed by atoms with Gasteiger partial charge in [0.2, 0.25) is 5.95 Å². The minimum atomic E-state index is -0.549. The maximum absolute atomic E-state index is 13.3. The Hall–Kier alpha value is -3.56. The summed E-state index contributed by atoms with van der Waals surface area (Å²) in [7, 11) is 1.84. The van der Waals surface area contributed by atoms with Gasteiger partial charge in [0.1, 0.15) is 17.0 Å². The third-order valence-electron chi connectivity index (χ3n) is 7.22. The molecule has 3 aromatic rings. The second-order valence-corrected chi connectivity index (χ2v) is 11.9. The van der Waals surface area contributed by atoms with Crippen molar-refractivity contribution < 1.29 is 14.3 Å². The van der Waals surface area contributed by atoms with Gasteiger partial charge in [-0.2, -0.15) is 4.98 Å². The number of rotatable bonds is 3. The van der Waals surface area contributed by atoms with Gasteiger partial charge in [0, 0.05) is 18.9 Å². The number of halogens is 2. The van der Waals surface area contributed by atoms with Crippen LogP contribution in [0.15, 0.2) is 42.6 Å². The monoisotopic (exact) mass is 566 g/mol. The van der Waals surface area contributed by atoms with Crippen molar-refractivity contribution in [1.29, 1.82) is 0 Å². The van der Waals surface area contributed by atoms with E-state index in [-0.39, 0.29) is 30.8 Å². The van der Waals surface area contributed by atoms with Crippen LogP contribution in [0.25, 0.3) is 0 Å². The number of ether oxygens (including phenoxy) is 1. The summed E-state index contributed by atoms with van der Waals surface area (Å²) >= 11 is 12.7. The molecular formula is C28H28Cl2N6O3. The lowest BCUT2D eigenvalue weighted by atomic mass is 9.91. The highest BCUT2D eigenvalue weighted by Crippen LogP contribution is 2.54. The molecule has 2 aromatic carbocycles. The number of hydrogen-bond acceptors (Lipinski definition) is 7. The standard InChI is InChI=1S/C28H28Cl2N6O3/c1-28(2,3)39-27(38)36-21-10-11-22(36)17-12-15(8-9-16(17)21)32-26-31-13-18-24(33-26)34(4)14-35(25(18)37)23-19(29)6-5-7-20(23)30/h5-9,12-13,21-22H,10-11,14H2,1-4H3,(H,31,32,33). The molecule has 9 nitrogen and oxygen atoms in total. The average Bonchev–Trinajstić information content (AvgIpc) is 3.43. The molecule has 0 saturated carbocycles. The van der Waals surface area contributed by atoms with E-state index in [0.29, 0.717) is 33.1 Å². The molecular weight excluding hydrogens is 539 g/mol. The zero-order chi connectivity index (χ0) is 27.6. The van der Waals surface area contributed by atoms with Gasteiger partial charge in [0.15, 0.2) is 0 Å². The van der Waals surface area contributed by atoms with Crippen molar-refractivity contribution in [3.8, 4) is 0 Å². The summed E-state index contributed by atoms with van der Waals surface area (Å²) in [6.07, 6.45) is 3.06. The predicted octanol–water partition coefficient (Wildman–Crippen LogP) is 6.71. The van der Waals surface area contributed by atoms with Gasteiger partial charge in [-0.1, -0.05) is 35.3 Å². The number of fused-ring (bicyclic) bond motifs is 6. The molecule has 0 aliphatic carbocycles. The lowest BCUT2D eigenvalue weighted by molar-refractivity contribution is 0.0177. The van der Waals surface area contributed by atoms with Gasteiger partial charge in [0.05, 0.1) is 34.5 Å². The van der Waals surface area contributed by atoms with Crippen molar-refractivity contribution in [2.24, 2.45) is 0 Å². The maximum atomic E-state index is 13.3. The molecule has 1 saturated heterocycles. The molecule has 3 aliphatic rings. The minimum absolute atomic E-state index is 0.0163. The maximum Gasteiger partial charge on any atom is 0.411 e. The number of nitrogens with one attached hydrogen (secondary N) is 1. The SMILES string of the molecule is CN1CN(c2c(Cl)cccc2Cl)C(=O)c2cnc(Nc3ccc4c(c3)C3CCC4N3C(=O)OC(C)(C)C)nc21. The molecule has 39 heavy (non-hydrogen) atoms. The van der Waals surface area contributed by atoms with Crippen LogP contribution in [-0.4, -0.2) is 46.2 Å². The number of carbonyl (C=O) groups is 2. The van der Waals surface area contributed by atoms with Crippen LogP contribution in [0, 0.1) is 0 Å². The van der Waals surface area contributed by atoms with Gasteiger partial charge in [-0.3, -0.25) is 14.6 Å². The van der Waals surface area contributed by atoms with E-state index in [4.69, 9.17) is 27.9 Å². The first-order chi connectivity index (χ1) is 18.5. The molecule has 3 aliphatic heterocycles. The van der Waals surface area contributed by atoms with Gasteiger partial charge >= 0.3 is 6.09 Å². The van der Waals surface area contributed by atoms with Crippen LogP contribution in [0.2, 0.25) is 10.0 Å². The summed E-state index contributed by atoms with van der Waals surface area (Å²) in [5.41, 5.74) is 3.33. The van der Waals surface area contributed by atoms with E-state index in [1.165, 1.54) is 11.1 Å². The Balaban J connectivity index is 1.24. The molecule has 1 aromatic heterocycles. The Morgan fingerprint density at radius 3 is 2.46 bits per heavy atom. The van der Waals surface area contributed by atoms with Crippen LogP contribution in [-0.2, 0) is 4.74 Å². The van der Waals surface area contributed by atoms with E-state index >= 15 is 0 Å². The van der Waals surface area contributed by atoms with Crippen LogP contribution >= 0.6 is 23.2 Å². The Morgan fingerprint density at radius 2 is 1.77 bits per heavy atom. The molecule has 202 valence electrons. The van der Waals surface area contributed by atoms with Crippen molar-refractivity contribution in [2.45, 2.75) is 51.3 Å². The van der Waals surface area contributed by atoms with Crippen molar-refractivity contribution in [2.75, 3.05) is 28.8 Å². The number of benzene rings is 2. The van der Waals surface area contributed by atoms with Crippen LogP contribution in [0.1, 0.15) is 67.2 Å². The van der Waals surface area contributed by atoms with E-state index < -0.39 is 5.60 Å². The highest BCUT2D eigenvalue weighted by atomic mass is 35.5. The van der Waals surface area contributed by atoms with E-state index in [2.05, 4.69) is 27.4 Å². The number of amides is 2. The third kappa shape index (κ3) is 4.43. The zero-order valence-corrected chi connectivity index (χ0v) is 23.5. The molecule has 0 radical (unpaired) electrons. The highest BCUT2D eigenvalue weighted by Gasteiger charge is 2.48. The molecule has 6 rings (SSSR count). The average molecular weight is 567 g/mol. The van der Waals surface area contributed by atoms with E-state index in [9.17, 15) is 9.59 Å². The van der Waals surface area contributed by atoms with Crippen molar-refractivity contribution >= 4 is 58.3 Å². The summed E-state index contributed by atoms with van der Waals surface area (Å²) in [6.45, 7) is 5.87. The first-order valence-corrected chi connectivity index (χ1v) is 13.5. The first kappa shape index (κ1) is 25.7. The number of carbonyl (C=O) groups excluding carboxylic acids is 2. The molecule has 2 amide bonds. The molecule has 2 unspecified atom stereocenters. The highest BCUT2D eigenvalue weighted by molar-refractivity contribution is 6.40. The van der Waals surface area contributed by atoms with Gasteiger partial charge in [0.25, 0.3) is 5.91 Å². The molecule has 1 fully saturated rings. The molecule has 1 N–H and O–H groups in total. The fourth-order valence-corrected chi connectivity index (χ4v) is 6.25. The summed E-state index contributed by atoms with van der Waals surface area (Å²) in [5, 5.41) is 4.05. The number of nitrogens with zero attached hydrogens (tertiary/aromatic N) is 5. The topological polar surface area (TPSA) is 90.9 Å². The molecule has 0 spiro atoms. The fourth-order valence-electron chi connectivity index (χ4n) is 5.65. The van der Waals surface area contributed by atoms with Gasteiger partial charge in [-0.25, -0.2) is 9.78 Å². The first-order valence-electron chi connectivity index (χ1n) is 12.8. The largest absolute Gasteiger partial charge is 0.444 e. The lowest BCUT2D eigenvalue weighted by Gasteiger charge is -2.35. The smallest absolute Gasteiger partial charge is 0.411 e. The Morgan fingerprint density at radius 1 is 1.08 bits per heavy atom. The van der Waals surface area contributed by atoms with Crippen LogP contribution in [0.5, 0.6) is 0 Å². The minimum Gasteiger partial charge on any atom is -0.444 e. The van der Waals surface area contributed by atoms with Crippen molar-refractivity contribution in [3.63, 3.8) is 0 Å². The third-order valence-corrected chi connectivity index (χ3v) is 7.83. The summed E-state index contributed by atoms with van der Waals surface area (Å²) < 4.78 is 5.68. The quantitative estimate of drug-likeness (QED) is 0.376. The normalized spacial score (nSPS) is 19.7. The Kier molecular flexibility index (Phi) is 6.11. The van der Waals surface area contributed by atoms with Gasteiger partial charge in [-0.05, 0) is 69.0 Å². The molecule has 4 heterocycles. The molecule has 2 atom stereocenters. The fraction of sp³-hybridized carbons (Fsp3) is 0.357. The van der Waals surface area contributed by atoms with Crippen LogP contribution in [0.4, 0.5) is 27.9 Å². The number of aromatic nitrogens is 2. The van der Waals surface area contributed by atoms with E-state index in [1.807, 2.05) is 43.7 Å². The summed E-state index contributed by atoms with van der Waals surface area (Å²) in [5.74, 6) is 0.596. The Bertz CT molecular complexity index is 1490. The lowest BCUT2D eigenvalue weighted by Crippen LogP contribution is -2.46. The van der Waals surface area contributed by atoms with Crippen molar-refractivity contribution in [3.05, 3.63) is 69.3 Å². The van der Waals surface area contributed by atoms with E-state index in [0.717, 1.165) is 29.7 Å². The summed E-state index contributed by atoms with van der Waals surface area (Å²) in [4.78, 5) is 40.6. The second kappa shape index (κ2) is 9.27. The number of anilines is 4. The number of para-hydroxylation sites is 1. The second-order valence-electron chi connectivity index (χ2n) is 11.0. The van der Waals surface area contributed by atoms with Crippen LogP contribution < -0.4 is 15.1 Å². The molecule has 11 heteroatoms. The van der Waals surface area contributed by atoms with E-state index in [1.54, 1.807) is 18.2 Å². The zero-order valence-electron chi connectivity index (χ0n) is 22.0. The van der Waals surface area contributed by atoms with Gasteiger partial charge < -0.3 is 15.0 Å². The number of hydrogen-bond donors (Lipinski definition) is 1. The van der Waals surface area contributed by atoms with Crippen molar-refractivity contribution in [1.82, 2.24) is 14.9 Å². The predicted molar refractivity (Wildman–Crippen MR) is 151 cm³/mol. The van der Waals surface area contributed by atoms with Gasteiger partial charge in [-0.15, -0.1) is 0 Å². The Labute approximate surface area is 236 Å². The summed E-state index contributed by atoms with van der Waals surface area (Å²) in [6, 6.07) is 11.2.